The molecular weight excluding hydrogens is 510 g/mol. The van der Waals surface area contributed by atoms with Gasteiger partial charge in [-0.05, 0) is 68.1 Å². The van der Waals surface area contributed by atoms with Crippen molar-refractivity contribution < 1.29 is 28.5 Å². The molecule has 10 heteroatoms. The molecule has 1 heterocycles. The lowest BCUT2D eigenvalue weighted by Gasteiger charge is -2.26. The summed E-state index contributed by atoms with van der Waals surface area (Å²) >= 11 is 6.27. The summed E-state index contributed by atoms with van der Waals surface area (Å²) < 4.78 is 22.0. The van der Waals surface area contributed by atoms with Crippen LogP contribution >= 0.6 is 11.6 Å². The largest absolute Gasteiger partial charge is 0.496 e. The molecule has 1 saturated heterocycles. The number of hydrogen-bond acceptors (Lipinski definition) is 7. The molecule has 0 saturated carbocycles. The summed E-state index contributed by atoms with van der Waals surface area (Å²) in [5, 5.41) is 9.52. The van der Waals surface area contributed by atoms with Gasteiger partial charge in [0.2, 0.25) is 0 Å². The van der Waals surface area contributed by atoms with Gasteiger partial charge in [-0.1, -0.05) is 23.7 Å². The Hall–Kier alpha value is -2.85. The van der Waals surface area contributed by atoms with Crippen LogP contribution in [0.25, 0.3) is 0 Å². The lowest BCUT2D eigenvalue weighted by atomic mass is 9.94. The number of halogens is 1. The van der Waals surface area contributed by atoms with Crippen LogP contribution in [0.5, 0.6) is 5.75 Å². The molecule has 2 aromatic rings. The summed E-state index contributed by atoms with van der Waals surface area (Å²) in [6.07, 6.45) is 2.03. The minimum Gasteiger partial charge on any atom is -0.496 e. The number of ether oxygens (including phenoxy) is 4. The first-order chi connectivity index (χ1) is 18.4. The summed E-state index contributed by atoms with van der Waals surface area (Å²) in [5.74, 6) is 0.874. The van der Waals surface area contributed by atoms with Gasteiger partial charge in [-0.15, -0.1) is 0 Å². The number of rotatable bonds is 13. The normalized spacial score (nSPS) is 16.8. The predicted octanol–water partition coefficient (Wildman–Crippen LogP) is 3.95. The number of carbonyl (C=O) groups excluding carboxylic acids is 2. The van der Waals surface area contributed by atoms with Crippen LogP contribution in [0.3, 0.4) is 0 Å². The number of carbonyl (C=O) groups is 2. The minimum atomic E-state index is -0.591. The first kappa shape index (κ1) is 29.7. The average molecular weight is 548 g/mol. The quantitative estimate of drug-likeness (QED) is 0.326. The molecule has 1 fully saturated rings. The van der Waals surface area contributed by atoms with E-state index in [2.05, 4.69) is 20.7 Å². The van der Waals surface area contributed by atoms with Crippen LogP contribution in [-0.4, -0.2) is 72.2 Å². The van der Waals surface area contributed by atoms with Gasteiger partial charge >= 0.3 is 6.09 Å². The summed E-state index contributed by atoms with van der Waals surface area (Å²) in [6, 6.07) is 12.7. The monoisotopic (exact) mass is 547 g/mol. The SMILES string of the molecule is CNC(CNC(=O)c1ccc(OC)c(C(OCCNC(=O)OC)c2cccc(Cl)c2)c1)CC1CCCOC1. The molecule has 3 N–H and O–H groups in total. The van der Waals surface area contributed by atoms with Crippen molar-refractivity contribution in [2.45, 2.75) is 31.4 Å². The van der Waals surface area contributed by atoms with Crippen molar-refractivity contribution in [3.8, 4) is 5.75 Å². The Balaban J connectivity index is 1.76. The third-order valence-corrected chi connectivity index (χ3v) is 6.79. The highest BCUT2D eigenvalue weighted by molar-refractivity contribution is 6.30. The molecule has 0 radical (unpaired) electrons. The smallest absolute Gasteiger partial charge is 0.406 e. The third-order valence-electron chi connectivity index (χ3n) is 6.56. The van der Waals surface area contributed by atoms with E-state index in [0.29, 0.717) is 34.4 Å². The topological polar surface area (TPSA) is 107 Å². The molecule has 208 valence electrons. The first-order valence-electron chi connectivity index (χ1n) is 12.8. The molecule has 2 amide bonds. The standard InChI is InChI=1S/C28H38ClN3O6/c1-30-23(14-19-6-5-12-37-18-19)17-32-27(33)21-9-10-25(35-2)24(16-21)26(20-7-4-8-22(29)15-20)38-13-11-31-28(34)36-3/h4,7-10,15-16,19,23,26,30H,5-6,11-14,17-18H2,1-3H3,(H,31,34)(H,32,33). The van der Waals surface area contributed by atoms with Crippen molar-refractivity contribution in [3.05, 3.63) is 64.2 Å². The summed E-state index contributed by atoms with van der Waals surface area (Å²) in [7, 11) is 4.78. The number of alkyl carbamates (subject to hydrolysis) is 1. The molecule has 9 nitrogen and oxygen atoms in total. The van der Waals surface area contributed by atoms with Crippen LogP contribution in [-0.2, 0) is 14.2 Å². The van der Waals surface area contributed by atoms with Crippen molar-refractivity contribution in [1.29, 1.82) is 0 Å². The zero-order chi connectivity index (χ0) is 27.3. The van der Waals surface area contributed by atoms with Crippen LogP contribution in [0.15, 0.2) is 42.5 Å². The van der Waals surface area contributed by atoms with E-state index in [0.717, 1.165) is 38.0 Å². The van der Waals surface area contributed by atoms with Crippen molar-refractivity contribution in [3.63, 3.8) is 0 Å². The van der Waals surface area contributed by atoms with E-state index in [9.17, 15) is 9.59 Å². The summed E-state index contributed by atoms with van der Waals surface area (Å²) in [4.78, 5) is 24.6. The molecule has 0 aliphatic carbocycles. The molecule has 1 aliphatic heterocycles. The fourth-order valence-corrected chi connectivity index (χ4v) is 4.73. The first-order valence-corrected chi connectivity index (χ1v) is 13.2. The van der Waals surface area contributed by atoms with Crippen molar-refractivity contribution in [1.82, 2.24) is 16.0 Å². The maximum absolute atomic E-state index is 13.2. The number of nitrogens with one attached hydrogen (secondary N) is 3. The Kier molecular flexibility index (Phi) is 12.1. The Bertz CT molecular complexity index is 1050. The van der Waals surface area contributed by atoms with E-state index in [1.54, 1.807) is 37.4 Å². The third kappa shape index (κ3) is 8.87. The molecule has 1 aliphatic rings. The lowest BCUT2D eigenvalue weighted by Crippen LogP contribution is -2.41. The highest BCUT2D eigenvalue weighted by atomic mass is 35.5. The lowest BCUT2D eigenvalue weighted by molar-refractivity contribution is 0.0478. The van der Waals surface area contributed by atoms with Crippen molar-refractivity contribution in [2.24, 2.45) is 5.92 Å². The Morgan fingerprint density at radius 2 is 2.00 bits per heavy atom. The van der Waals surface area contributed by atoms with E-state index < -0.39 is 12.2 Å². The van der Waals surface area contributed by atoms with Gasteiger partial charge in [0.25, 0.3) is 5.91 Å². The second-order valence-electron chi connectivity index (χ2n) is 9.20. The molecule has 3 rings (SSSR count). The Morgan fingerprint density at radius 1 is 1.16 bits per heavy atom. The molecule has 3 unspecified atom stereocenters. The average Bonchev–Trinajstić information content (AvgIpc) is 2.95. The van der Waals surface area contributed by atoms with Crippen LogP contribution in [0.4, 0.5) is 4.79 Å². The van der Waals surface area contributed by atoms with E-state index in [1.165, 1.54) is 7.11 Å². The number of likely N-dealkylation sites (N-methyl/N-ethyl adjacent to an activating group) is 1. The van der Waals surface area contributed by atoms with Crippen LogP contribution in [0, 0.1) is 5.92 Å². The highest BCUT2D eigenvalue weighted by Gasteiger charge is 2.23. The number of benzene rings is 2. The van der Waals surface area contributed by atoms with Crippen molar-refractivity contribution in [2.75, 3.05) is 54.2 Å². The van der Waals surface area contributed by atoms with Gasteiger partial charge in [0.15, 0.2) is 0 Å². The maximum Gasteiger partial charge on any atom is 0.406 e. The fraction of sp³-hybridized carbons (Fsp3) is 0.500. The molecule has 0 spiro atoms. The van der Waals surface area contributed by atoms with Gasteiger partial charge in [0.05, 0.1) is 20.8 Å². The summed E-state index contributed by atoms with van der Waals surface area (Å²) in [6.45, 7) is 2.54. The minimum absolute atomic E-state index is 0.147. The van der Waals surface area contributed by atoms with Gasteiger partial charge in [0.1, 0.15) is 11.9 Å². The number of hydrogen-bond donors (Lipinski definition) is 3. The second-order valence-corrected chi connectivity index (χ2v) is 9.63. The molecule has 38 heavy (non-hydrogen) atoms. The van der Waals surface area contributed by atoms with Crippen LogP contribution in [0.1, 0.15) is 46.9 Å². The van der Waals surface area contributed by atoms with Gasteiger partial charge in [-0.3, -0.25) is 4.79 Å². The van der Waals surface area contributed by atoms with E-state index in [4.69, 9.17) is 25.8 Å². The Morgan fingerprint density at radius 3 is 2.68 bits per heavy atom. The van der Waals surface area contributed by atoms with Crippen LogP contribution < -0.4 is 20.7 Å². The van der Waals surface area contributed by atoms with Crippen LogP contribution in [0.2, 0.25) is 5.02 Å². The molecule has 0 bridgehead atoms. The van der Waals surface area contributed by atoms with E-state index in [1.807, 2.05) is 19.2 Å². The Labute approximate surface area is 229 Å². The van der Waals surface area contributed by atoms with E-state index in [-0.39, 0.29) is 25.1 Å². The van der Waals surface area contributed by atoms with Gasteiger partial charge in [0, 0.05) is 48.5 Å². The molecule has 2 aromatic carbocycles. The second kappa shape index (κ2) is 15.5. The highest BCUT2D eigenvalue weighted by Crippen LogP contribution is 2.34. The maximum atomic E-state index is 13.2. The molecule has 3 atom stereocenters. The number of amides is 2. The van der Waals surface area contributed by atoms with Gasteiger partial charge in [-0.25, -0.2) is 4.79 Å². The van der Waals surface area contributed by atoms with Gasteiger partial charge in [-0.2, -0.15) is 0 Å². The van der Waals surface area contributed by atoms with Gasteiger partial charge < -0.3 is 34.9 Å². The van der Waals surface area contributed by atoms with Crippen molar-refractivity contribution >= 4 is 23.6 Å². The fourth-order valence-electron chi connectivity index (χ4n) is 4.53. The zero-order valence-electron chi connectivity index (χ0n) is 22.3. The summed E-state index contributed by atoms with van der Waals surface area (Å²) in [5.41, 5.74) is 1.95. The van der Waals surface area contributed by atoms with E-state index >= 15 is 0 Å². The molecular formula is C28H38ClN3O6. The zero-order valence-corrected chi connectivity index (χ0v) is 23.0. The predicted molar refractivity (Wildman–Crippen MR) is 146 cm³/mol. The number of methoxy groups -OCH3 is 2. The molecule has 0 aromatic heterocycles.